The zero-order valence-electron chi connectivity index (χ0n) is 21.7. The molecular weight excluding hydrogens is 540 g/mol. The van der Waals surface area contributed by atoms with Crippen molar-refractivity contribution in [2.24, 2.45) is 4.99 Å². The van der Waals surface area contributed by atoms with Gasteiger partial charge in [-0.15, -0.1) is 0 Å². The van der Waals surface area contributed by atoms with Crippen molar-refractivity contribution < 1.29 is 23.4 Å². The number of carbonyl (C=O) groups excluding carboxylic acids is 1. The van der Waals surface area contributed by atoms with Gasteiger partial charge in [0.1, 0.15) is 11.5 Å². The summed E-state index contributed by atoms with van der Waals surface area (Å²) in [5.74, 6) is 1.53. The SMILES string of the molecule is CCOC(=O)C1=C(C)N=c2s/c(=C\c3ccc(-c4ccccc4Cl)o3)c(=O)n2[C@H]1c1ccc(OC)c(OC)c1. The highest BCUT2D eigenvalue weighted by Gasteiger charge is 2.34. The summed E-state index contributed by atoms with van der Waals surface area (Å²) in [6, 6.07) is 15.5. The van der Waals surface area contributed by atoms with Crippen LogP contribution in [0.2, 0.25) is 5.02 Å². The number of halogens is 1. The first-order chi connectivity index (χ1) is 18.9. The van der Waals surface area contributed by atoms with Crippen LogP contribution in [0, 0.1) is 0 Å². The van der Waals surface area contributed by atoms with Crippen LogP contribution in [-0.4, -0.2) is 31.4 Å². The van der Waals surface area contributed by atoms with Gasteiger partial charge in [0.15, 0.2) is 16.3 Å². The molecule has 0 unspecified atom stereocenters. The highest BCUT2D eigenvalue weighted by Crippen LogP contribution is 2.36. The van der Waals surface area contributed by atoms with E-state index in [2.05, 4.69) is 4.99 Å². The zero-order valence-corrected chi connectivity index (χ0v) is 23.3. The Labute approximate surface area is 233 Å². The molecule has 8 nitrogen and oxygen atoms in total. The third-order valence-corrected chi connectivity index (χ3v) is 7.59. The van der Waals surface area contributed by atoms with E-state index in [-0.39, 0.29) is 17.7 Å². The van der Waals surface area contributed by atoms with E-state index in [4.69, 9.17) is 30.2 Å². The molecule has 0 N–H and O–H groups in total. The van der Waals surface area contributed by atoms with Crippen molar-refractivity contribution in [3.8, 4) is 22.8 Å². The molecule has 4 aromatic rings. The predicted molar refractivity (Wildman–Crippen MR) is 149 cm³/mol. The number of furan rings is 1. The largest absolute Gasteiger partial charge is 0.493 e. The maximum Gasteiger partial charge on any atom is 0.338 e. The average molecular weight is 565 g/mol. The van der Waals surface area contributed by atoms with Crippen molar-refractivity contribution in [1.29, 1.82) is 0 Å². The monoisotopic (exact) mass is 564 g/mol. The molecule has 5 rings (SSSR count). The minimum atomic E-state index is -0.780. The second-order valence-electron chi connectivity index (χ2n) is 8.60. The van der Waals surface area contributed by atoms with Gasteiger partial charge < -0.3 is 18.6 Å². The van der Waals surface area contributed by atoms with Gasteiger partial charge in [0.2, 0.25) is 0 Å². The third kappa shape index (κ3) is 4.91. The number of esters is 1. The van der Waals surface area contributed by atoms with Crippen LogP contribution in [0.5, 0.6) is 11.5 Å². The lowest BCUT2D eigenvalue weighted by atomic mass is 9.95. The summed E-state index contributed by atoms with van der Waals surface area (Å²) in [5.41, 5.74) is 1.84. The van der Waals surface area contributed by atoms with Crippen LogP contribution in [0.1, 0.15) is 31.2 Å². The van der Waals surface area contributed by atoms with Crippen molar-refractivity contribution >= 4 is 35.0 Å². The normalized spacial score (nSPS) is 15.1. The summed E-state index contributed by atoms with van der Waals surface area (Å²) >= 11 is 7.53. The molecule has 0 aliphatic carbocycles. The highest BCUT2D eigenvalue weighted by atomic mass is 35.5. The first kappa shape index (κ1) is 26.5. The Balaban J connectivity index is 1.67. The van der Waals surface area contributed by atoms with Gasteiger partial charge in [-0.1, -0.05) is 41.1 Å². The zero-order chi connectivity index (χ0) is 27.7. The molecule has 10 heteroatoms. The van der Waals surface area contributed by atoms with E-state index >= 15 is 0 Å². The van der Waals surface area contributed by atoms with Crippen LogP contribution in [0.4, 0.5) is 0 Å². The van der Waals surface area contributed by atoms with Crippen LogP contribution < -0.4 is 24.4 Å². The van der Waals surface area contributed by atoms with E-state index < -0.39 is 12.0 Å². The average Bonchev–Trinajstić information content (AvgIpc) is 3.52. The maximum absolute atomic E-state index is 13.8. The number of allylic oxidation sites excluding steroid dienone is 1. The van der Waals surface area contributed by atoms with Gasteiger partial charge in [-0.2, -0.15) is 0 Å². The minimum absolute atomic E-state index is 0.185. The Hall–Kier alpha value is -4.08. The summed E-state index contributed by atoms with van der Waals surface area (Å²) in [6.07, 6.45) is 1.67. The molecule has 2 aromatic carbocycles. The van der Waals surface area contributed by atoms with Gasteiger partial charge in [0, 0.05) is 11.6 Å². The van der Waals surface area contributed by atoms with Gasteiger partial charge in [0.25, 0.3) is 5.56 Å². The maximum atomic E-state index is 13.8. The Morgan fingerprint density at radius 1 is 1.13 bits per heavy atom. The number of thiazole rings is 1. The number of hydrogen-bond donors (Lipinski definition) is 0. The first-order valence-electron chi connectivity index (χ1n) is 12.1. The number of ether oxygens (including phenoxy) is 3. The molecule has 0 fully saturated rings. The Morgan fingerprint density at radius 3 is 2.62 bits per heavy atom. The minimum Gasteiger partial charge on any atom is -0.493 e. The van der Waals surface area contributed by atoms with E-state index in [1.165, 1.54) is 23.0 Å². The third-order valence-electron chi connectivity index (χ3n) is 6.28. The van der Waals surface area contributed by atoms with Crippen molar-refractivity contribution in [1.82, 2.24) is 4.57 Å². The summed E-state index contributed by atoms with van der Waals surface area (Å²) in [4.78, 5) is 32.0. The number of hydrogen-bond acceptors (Lipinski definition) is 8. The molecule has 1 aliphatic rings. The van der Waals surface area contributed by atoms with E-state index in [1.54, 1.807) is 63.4 Å². The van der Waals surface area contributed by atoms with Gasteiger partial charge in [-0.3, -0.25) is 9.36 Å². The second kappa shape index (κ2) is 11.0. The number of benzene rings is 2. The summed E-state index contributed by atoms with van der Waals surface area (Å²) < 4.78 is 24.1. The van der Waals surface area contributed by atoms with Crippen LogP contribution in [0.15, 0.2) is 80.1 Å². The summed E-state index contributed by atoms with van der Waals surface area (Å²) in [5, 5.41) is 0.565. The van der Waals surface area contributed by atoms with E-state index in [1.807, 2.05) is 18.2 Å². The molecule has 2 aromatic heterocycles. The molecule has 0 radical (unpaired) electrons. The molecule has 39 heavy (non-hydrogen) atoms. The quantitative estimate of drug-likeness (QED) is 0.301. The highest BCUT2D eigenvalue weighted by molar-refractivity contribution is 7.07. The Morgan fingerprint density at radius 2 is 1.90 bits per heavy atom. The standard InChI is InChI=1S/C29H25ClN2O6S/c1-5-37-28(34)25-16(2)31-29-32(26(25)17-10-12-22(35-3)23(14-17)36-4)27(33)24(39-29)15-18-11-13-21(38-18)19-8-6-7-9-20(19)30/h6-15,26H,5H2,1-4H3/b24-15-/t26-/m0/s1. The number of carbonyl (C=O) groups is 1. The fourth-order valence-corrected chi connectivity index (χ4v) is 5.75. The van der Waals surface area contributed by atoms with Crippen LogP contribution >= 0.6 is 22.9 Å². The molecule has 1 aliphatic heterocycles. The number of rotatable bonds is 7. The van der Waals surface area contributed by atoms with Crippen molar-refractivity contribution in [3.63, 3.8) is 0 Å². The molecule has 3 heterocycles. The molecular formula is C29H25ClN2O6S. The first-order valence-corrected chi connectivity index (χ1v) is 13.3. The Kier molecular flexibility index (Phi) is 7.45. The van der Waals surface area contributed by atoms with Gasteiger partial charge in [0.05, 0.1) is 47.7 Å². The molecule has 0 bridgehead atoms. The lowest BCUT2D eigenvalue weighted by Gasteiger charge is -2.25. The van der Waals surface area contributed by atoms with Crippen LogP contribution in [0.3, 0.4) is 0 Å². The fraction of sp³-hybridized carbons (Fsp3) is 0.207. The van der Waals surface area contributed by atoms with Crippen LogP contribution in [-0.2, 0) is 9.53 Å². The second-order valence-corrected chi connectivity index (χ2v) is 10.0. The fourth-order valence-electron chi connectivity index (χ4n) is 4.50. The summed E-state index contributed by atoms with van der Waals surface area (Å²) in [7, 11) is 3.07. The smallest absolute Gasteiger partial charge is 0.338 e. The van der Waals surface area contributed by atoms with Gasteiger partial charge >= 0.3 is 5.97 Å². The van der Waals surface area contributed by atoms with E-state index in [0.717, 1.165) is 5.56 Å². The van der Waals surface area contributed by atoms with E-state index in [0.29, 0.717) is 48.6 Å². The Bertz CT molecular complexity index is 1780. The molecule has 0 spiro atoms. The molecule has 0 saturated heterocycles. The number of aromatic nitrogens is 1. The van der Waals surface area contributed by atoms with Gasteiger partial charge in [-0.05, 0) is 55.8 Å². The molecule has 1 atom stereocenters. The number of methoxy groups -OCH3 is 2. The lowest BCUT2D eigenvalue weighted by molar-refractivity contribution is -0.139. The summed E-state index contributed by atoms with van der Waals surface area (Å²) in [6.45, 7) is 3.65. The number of fused-ring (bicyclic) bond motifs is 1. The lowest BCUT2D eigenvalue weighted by Crippen LogP contribution is -2.39. The molecule has 0 saturated carbocycles. The van der Waals surface area contributed by atoms with Crippen molar-refractivity contribution in [2.75, 3.05) is 20.8 Å². The van der Waals surface area contributed by atoms with Gasteiger partial charge in [-0.25, -0.2) is 9.79 Å². The molecule has 0 amide bonds. The van der Waals surface area contributed by atoms with E-state index in [9.17, 15) is 9.59 Å². The van der Waals surface area contributed by atoms with Crippen LogP contribution in [0.25, 0.3) is 17.4 Å². The predicted octanol–water partition coefficient (Wildman–Crippen LogP) is 4.73. The number of nitrogens with zero attached hydrogens (tertiary/aromatic N) is 2. The molecule has 200 valence electrons. The van der Waals surface area contributed by atoms with Crippen molar-refractivity contribution in [2.45, 2.75) is 19.9 Å². The topological polar surface area (TPSA) is 92.3 Å². The van der Waals surface area contributed by atoms with Crippen molar-refractivity contribution in [3.05, 3.63) is 102 Å².